The molecule has 2 rings (SSSR count). The molecule has 0 radical (unpaired) electrons. The number of rotatable bonds is 1. The minimum absolute atomic E-state index is 0.304. The average Bonchev–Trinajstić information content (AvgIpc) is 2.20. The quantitative estimate of drug-likeness (QED) is 0.643. The van der Waals surface area contributed by atoms with Gasteiger partial charge in [0.25, 0.3) is 0 Å². The number of nitrogens with zero attached hydrogens (tertiary/aromatic N) is 3. The Kier molecular flexibility index (Phi) is 2.20. The Labute approximate surface area is 76.5 Å². The highest BCUT2D eigenvalue weighted by atomic mass is 16.5. The second-order valence-corrected chi connectivity index (χ2v) is 3.29. The van der Waals surface area contributed by atoms with Crippen molar-refractivity contribution in [2.45, 2.75) is 12.5 Å². The van der Waals surface area contributed by atoms with Crippen molar-refractivity contribution < 1.29 is 4.74 Å². The molecule has 1 aromatic heterocycles. The third-order valence-corrected chi connectivity index (χ3v) is 2.27. The van der Waals surface area contributed by atoms with E-state index in [1.165, 1.54) is 0 Å². The Morgan fingerprint density at radius 3 is 2.85 bits per heavy atom. The van der Waals surface area contributed by atoms with Crippen molar-refractivity contribution in [3.05, 3.63) is 18.0 Å². The summed E-state index contributed by atoms with van der Waals surface area (Å²) < 4.78 is 5.68. The van der Waals surface area contributed by atoms with Crippen molar-refractivity contribution in [2.75, 3.05) is 19.7 Å². The zero-order chi connectivity index (χ0) is 9.15. The molecule has 5 nitrogen and oxygen atoms in total. The van der Waals surface area contributed by atoms with Gasteiger partial charge in [0, 0.05) is 18.7 Å². The number of morpholine rings is 1. The molecule has 0 aliphatic carbocycles. The summed E-state index contributed by atoms with van der Waals surface area (Å²) in [6.45, 7) is 4.44. The second-order valence-electron chi connectivity index (χ2n) is 3.29. The van der Waals surface area contributed by atoms with Crippen LogP contribution in [0.1, 0.15) is 12.5 Å². The van der Waals surface area contributed by atoms with E-state index >= 15 is 0 Å². The van der Waals surface area contributed by atoms with Crippen LogP contribution in [0.25, 0.3) is 0 Å². The summed E-state index contributed by atoms with van der Waals surface area (Å²) in [5.74, 6) is 0. The first-order chi connectivity index (χ1) is 6.31. The Balaban J connectivity index is 2.23. The summed E-state index contributed by atoms with van der Waals surface area (Å²) in [7, 11) is 0. The molecule has 1 atom stereocenters. The van der Waals surface area contributed by atoms with Crippen LogP contribution >= 0.6 is 0 Å². The molecule has 2 heterocycles. The van der Waals surface area contributed by atoms with Crippen molar-refractivity contribution in [1.82, 2.24) is 20.7 Å². The number of ether oxygens (including phenoxy) is 1. The van der Waals surface area contributed by atoms with Crippen LogP contribution in [0.3, 0.4) is 0 Å². The molecule has 1 unspecified atom stereocenters. The van der Waals surface area contributed by atoms with E-state index in [4.69, 9.17) is 4.74 Å². The number of hydrogen-bond acceptors (Lipinski definition) is 5. The van der Waals surface area contributed by atoms with Gasteiger partial charge in [-0.2, -0.15) is 0 Å². The summed E-state index contributed by atoms with van der Waals surface area (Å²) in [6, 6.07) is 0. The number of nitrogens with one attached hydrogen (secondary N) is 1. The van der Waals surface area contributed by atoms with Crippen LogP contribution < -0.4 is 5.32 Å². The zero-order valence-electron chi connectivity index (χ0n) is 7.53. The van der Waals surface area contributed by atoms with Crippen molar-refractivity contribution >= 4 is 0 Å². The fourth-order valence-electron chi connectivity index (χ4n) is 1.42. The molecule has 0 amide bonds. The lowest BCUT2D eigenvalue weighted by Crippen LogP contribution is -2.45. The van der Waals surface area contributed by atoms with E-state index in [1.54, 1.807) is 12.4 Å². The molecule has 1 saturated heterocycles. The van der Waals surface area contributed by atoms with Gasteiger partial charge in [0.15, 0.2) is 0 Å². The Morgan fingerprint density at radius 2 is 2.23 bits per heavy atom. The molecular formula is C8H12N4O. The van der Waals surface area contributed by atoms with Crippen molar-refractivity contribution in [1.29, 1.82) is 0 Å². The van der Waals surface area contributed by atoms with E-state index in [2.05, 4.69) is 20.7 Å². The molecule has 5 heteroatoms. The number of aromatic nitrogens is 3. The van der Waals surface area contributed by atoms with Crippen LogP contribution in [0.4, 0.5) is 0 Å². The van der Waals surface area contributed by atoms with Crippen LogP contribution in [-0.2, 0) is 10.3 Å². The summed E-state index contributed by atoms with van der Waals surface area (Å²) in [5.41, 5.74) is 0.663. The summed E-state index contributed by atoms with van der Waals surface area (Å²) in [5, 5.41) is 14.2. The first-order valence-corrected chi connectivity index (χ1v) is 4.30. The highest BCUT2D eigenvalue weighted by Gasteiger charge is 2.30. The molecule has 1 aromatic rings. The van der Waals surface area contributed by atoms with Gasteiger partial charge in [0.1, 0.15) is 5.60 Å². The number of hydrogen-bond donors (Lipinski definition) is 1. The van der Waals surface area contributed by atoms with Gasteiger partial charge >= 0.3 is 0 Å². The summed E-state index contributed by atoms with van der Waals surface area (Å²) in [4.78, 5) is 0. The molecule has 0 bridgehead atoms. The molecule has 0 saturated carbocycles. The van der Waals surface area contributed by atoms with Crippen molar-refractivity contribution in [3.8, 4) is 0 Å². The van der Waals surface area contributed by atoms with E-state index in [-0.39, 0.29) is 5.60 Å². The lowest BCUT2D eigenvalue weighted by molar-refractivity contribution is -0.0578. The Hall–Kier alpha value is -1.07. The van der Waals surface area contributed by atoms with Gasteiger partial charge in [-0.1, -0.05) is 0 Å². The van der Waals surface area contributed by atoms with E-state index < -0.39 is 0 Å². The molecule has 1 fully saturated rings. The van der Waals surface area contributed by atoms with Gasteiger partial charge in [-0.3, -0.25) is 0 Å². The maximum Gasteiger partial charge on any atom is 0.106 e. The fourth-order valence-corrected chi connectivity index (χ4v) is 1.42. The summed E-state index contributed by atoms with van der Waals surface area (Å²) in [6.07, 6.45) is 3.39. The maximum absolute atomic E-state index is 5.68. The largest absolute Gasteiger partial charge is 0.368 e. The minimum Gasteiger partial charge on any atom is -0.368 e. The lowest BCUT2D eigenvalue weighted by atomic mass is 9.98. The van der Waals surface area contributed by atoms with Gasteiger partial charge in [-0.15, -0.1) is 10.2 Å². The molecule has 13 heavy (non-hydrogen) atoms. The molecule has 1 N–H and O–H groups in total. The zero-order valence-corrected chi connectivity index (χ0v) is 7.53. The summed E-state index contributed by atoms with van der Waals surface area (Å²) >= 11 is 0. The smallest absolute Gasteiger partial charge is 0.106 e. The lowest BCUT2D eigenvalue weighted by Gasteiger charge is -2.33. The van der Waals surface area contributed by atoms with Gasteiger partial charge < -0.3 is 10.1 Å². The van der Waals surface area contributed by atoms with Crippen LogP contribution in [-0.4, -0.2) is 35.1 Å². The van der Waals surface area contributed by atoms with Crippen LogP contribution in [0.5, 0.6) is 0 Å². The first kappa shape index (κ1) is 8.52. The van der Waals surface area contributed by atoms with E-state index in [1.807, 2.05) is 6.92 Å². The van der Waals surface area contributed by atoms with Gasteiger partial charge in [-0.05, 0) is 12.1 Å². The third kappa shape index (κ3) is 1.66. The van der Waals surface area contributed by atoms with Crippen molar-refractivity contribution in [2.24, 2.45) is 0 Å². The monoisotopic (exact) mass is 180 g/mol. The molecule has 1 aliphatic rings. The standard InChI is InChI=1S/C8H12N4O/c1-8(6-9-2-3-13-8)7-4-10-12-11-5-7/h4-5,9H,2-3,6H2,1H3. The van der Waals surface area contributed by atoms with Crippen LogP contribution in [0.15, 0.2) is 12.4 Å². The Morgan fingerprint density at radius 1 is 1.46 bits per heavy atom. The normalized spacial score (nSPS) is 28.7. The van der Waals surface area contributed by atoms with Crippen molar-refractivity contribution in [3.63, 3.8) is 0 Å². The molecule has 70 valence electrons. The predicted octanol–water partition coefficient (Wildman–Crippen LogP) is -0.293. The first-order valence-electron chi connectivity index (χ1n) is 4.30. The van der Waals surface area contributed by atoms with E-state index in [0.29, 0.717) is 0 Å². The van der Waals surface area contributed by atoms with Gasteiger partial charge in [0.05, 0.1) is 19.0 Å². The highest BCUT2D eigenvalue weighted by molar-refractivity contribution is 5.14. The van der Waals surface area contributed by atoms with Crippen LogP contribution in [0, 0.1) is 0 Å². The topological polar surface area (TPSA) is 59.9 Å². The second kappa shape index (κ2) is 3.35. The fraction of sp³-hybridized carbons (Fsp3) is 0.625. The van der Waals surface area contributed by atoms with E-state index in [0.717, 1.165) is 25.3 Å². The predicted molar refractivity (Wildman–Crippen MR) is 46.0 cm³/mol. The molecule has 0 spiro atoms. The minimum atomic E-state index is -0.304. The van der Waals surface area contributed by atoms with E-state index in [9.17, 15) is 0 Å². The molecule has 0 aromatic carbocycles. The Bertz CT molecular complexity index is 271. The SMILES string of the molecule is CC1(c2cnnnc2)CNCCO1. The molecular weight excluding hydrogens is 168 g/mol. The van der Waals surface area contributed by atoms with Gasteiger partial charge in [0.2, 0.25) is 0 Å². The van der Waals surface area contributed by atoms with Gasteiger partial charge in [-0.25, -0.2) is 0 Å². The van der Waals surface area contributed by atoms with Crippen LogP contribution in [0.2, 0.25) is 0 Å². The maximum atomic E-state index is 5.68. The molecule has 1 aliphatic heterocycles. The average molecular weight is 180 g/mol. The highest BCUT2D eigenvalue weighted by Crippen LogP contribution is 2.24. The third-order valence-electron chi connectivity index (χ3n) is 2.27.